The summed E-state index contributed by atoms with van der Waals surface area (Å²) in [6.07, 6.45) is 4.11. The van der Waals surface area contributed by atoms with Crippen molar-refractivity contribution in [2.75, 3.05) is 5.75 Å². The van der Waals surface area contributed by atoms with Crippen LogP contribution in [-0.4, -0.2) is 17.0 Å². The molecule has 3 unspecified atom stereocenters. The van der Waals surface area contributed by atoms with Crippen molar-refractivity contribution in [1.82, 2.24) is 5.32 Å². The average molecular weight is 255 g/mol. The Balaban J connectivity index is 1.78. The van der Waals surface area contributed by atoms with E-state index in [-0.39, 0.29) is 0 Å². The lowest BCUT2D eigenvalue weighted by atomic mass is 10.2. The highest BCUT2D eigenvalue weighted by atomic mass is 32.2. The van der Waals surface area contributed by atoms with Crippen molar-refractivity contribution < 1.29 is 0 Å². The fourth-order valence-electron chi connectivity index (χ4n) is 2.45. The lowest BCUT2D eigenvalue weighted by Gasteiger charge is -2.18. The molecule has 1 heterocycles. The summed E-state index contributed by atoms with van der Waals surface area (Å²) in [5, 5.41) is 6.83. The third-order valence-corrected chi connectivity index (χ3v) is 5.53. The first-order chi connectivity index (χ1) is 7.79. The van der Waals surface area contributed by atoms with E-state index >= 15 is 0 Å². The number of hydrogen-bond acceptors (Lipinski definition) is 3. The third kappa shape index (κ3) is 3.25. The lowest BCUT2D eigenvalue weighted by molar-refractivity contribution is 0.466. The molecule has 0 spiro atoms. The molecular formula is C13H21NS2. The van der Waals surface area contributed by atoms with E-state index in [9.17, 15) is 0 Å². The van der Waals surface area contributed by atoms with E-state index < -0.39 is 0 Å². The number of rotatable bonds is 5. The second-order valence-electron chi connectivity index (χ2n) is 4.49. The zero-order chi connectivity index (χ0) is 11.4. The molecule has 0 radical (unpaired) electrons. The smallest absolute Gasteiger partial charge is 0.0388 e. The van der Waals surface area contributed by atoms with Crippen molar-refractivity contribution in [3.8, 4) is 0 Å². The van der Waals surface area contributed by atoms with Gasteiger partial charge in [0.2, 0.25) is 0 Å². The van der Waals surface area contributed by atoms with Crippen LogP contribution in [0.25, 0.3) is 0 Å². The molecule has 0 aliphatic heterocycles. The lowest BCUT2D eigenvalue weighted by Crippen LogP contribution is -2.29. The minimum absolute atomic E-state index is 0.523. The van der Waals surface area contributed by atoms with Crippen LogP contribution in [0.15, 0.2) is 17.5 Å². The van der Waals surface area contributed by atoms with Crippen LogP contribution < -0.4 is 5.32 Å². The molecule has 0 saturated heterocycles. The Bertz CT molecular complexity index is 297. The monoisotopic (exact) mass is 255 g/mol. The van der Waals surface area contributed by atoms with E-state index in [1.807, 2.05) is 11.3 Å². The van der Waals surface area contributed by atoms with Gasteiger partial charge in [-0.25, -0.2) is 0 Å². The highest BCUT2D eigenvalue weighted by molar-refractivity contribution is 7.99. The zero-order valence-corrected chi connectivity index (χ0v) is 11.7. The topological polar surface area (TPSA) is 12.0 Å². The molecule has 1 N–H and O–H groups in total. The molecule has 1 fully saturated rings. The average Bonchev–Trinajstić information content (AvgIpc) is 2.89. The van der Waals surface area contributed by atoms with Crippen molar-refractivity contribution in [3.63, 3.8) is 0 Å². The van der Waals surface area contributed by atoms with Crippen molar-refractivity contribution >= 4 is 23.1 Å². The summed E-state index contributed by atoms with van der Waals surface area (Å²) in [5.74, 6) is 1.26. The maximum atomic E-state index is 3.77. The van der Waals surface area contributed by atoms with Crippen molar-refractivity contribution in [1.29, 1.82) is 0 Å². The molecule has 2 rings (SSSR count). The number of nitrogens with one attached hydrogen (secondary N) is 1. The molecule has 16 heavy (non-hydrogen) atoms. The van der Waals surface area contributed by atoms with Crippen molar-refractivity contribution in [3.05, 3.63) is 22.4 Å². The summed E-state index contributed by atoms with van der Waals surface area (Å²) in [5.41, 5.74) is 0. The Labute approximate surface area is 107 Å². The maximum Gasteiger partial charge on any atom is 0.0388 e. The van der Waals surface area contributed by atoms with Crippen LogP contribution >= 0.6 is 23.1 Å². The van der Waals surface area contributed by atoms with E-state index in [4.69, 9.17) is 0 Å². The number of thioether (sulfide) groups is 1. The predicted molar refractivity (Wildman–Crippen MR) is 75.4 cm³/mol. The van der Waals surface area contributed by atoms with Gasteiger partial charge >= 0.3 is 0 Å². The molecule has 0 amide bonds. The highest BCUT2D eigenvalue weighted by Crippen LogP contribution is 2.31. The van der Waals surface area contributed by atoms with Crippen LogP contribution in [0, 0.1) is 0 Å². The number of thiophene rings is 1. The quantitative estimate of drug-likeness (QED) is 0.851. The largest absolute Gasteiger partial charge is 0.307 e. The standard InChI is InChI=1S/C13H21NS2/c1-3-15-12-7-6-11(9-12)14-10(2)13-5-4-8-16-13/h4-5,8,10-12,14H,3,6-7,9H2,1-2H3. The molecule has 3 atom stereocenters. The molecule has 3 heteroatoms. The van der Waals surface area contributed by atoms with Gasteiger partial charge in [-0.15, -0.1) is 11.3 Å². The Hall–Kier alpha value is 0.01000. The SMILES string of the molecule is CCSC1CCC(NC(C)c2cccs2)C1. The molecule has 0 aromatic carbocycles. The van der Waals surface area contributed by atoms with Crippen molar-refractivity contribution in [2.45, 2.75) is 50.4 Å². The second-order valence-corrected chi connectivity index (χ2v) is 7.05. The zero-order valence-electron chi connectivity index (χ0n) is 10.1. The summed E-state index contributed by atoms with van der Waals surface area (Å²) >= 11 is 3.99. The highest BCUT2D eigenvalue weighted by Gasteiger charge is 2.25. The van der Waals surface area contributed by atoms with Crippen molar-refractivity contribution in [2.24, 2.45) is 0 Å². The Kier molecular flexibility index (Phi) is 4.74. The Morgan fingerprint density at radius 2 is 2.44 bits per heavy atom. The molecular weight excluding hydrogens is 234 g/mol. The summed E-state index contributed by atoms with van der Waals surface area (Å²) < 4.78 is 0. The van der Waals surface area contributed by atoms with Gasteiger partial charge in [0.05, 0.1) is 0 Å². The molecule has 1 aliphatic carbocycles. The van der Waals surface area contributed by atoms with E-state index in [2.05, 4.69) is 48.4 Å². The predicted octanol–water partition coefficient (Wildman–Crippen LogP) is 4.07. The minimum atomic E-state index is 0.523. The fraction of sp³-hybridized carbons (Fsp3) is 0.692. The maximum absolute atomic E-state index is 3.77. The summed E-state index contributed by atoms with van der Waals surface area (Å²) in [6.45, 7) is 4.55. The summed E-state index contributed by atoms with van der Waals surface area (Å²) in [6, 6.07) is 5.63. The van der Waals surface area contributed by atoms with Crippen LogP contribution in [0.1, 0.15) is 44.0 Å². The normalized spacial score (nSPS) is 27.1. The Morgan fingerprint density at radius 3 is 3.12 bits per heavy atom. The van der Waals surface area contributed by atoms with E-state index in [0.29, 0.717) is 6.04 Å². The molecule has 1 aromatic heterocycles. The van der Waals surface area contributed by atoms with Gasteiger partial charge in [-0.2, -0.15) is 11.8 Å². The van der Waals surface area contributed by atoms with Crippen LogP contribution in [0.4, 0.5) is 0 Å². The molecule has 90 valence electrons. The van der Waals surface area contributed by atoms with Gasteiger partial charge in [0.25, 0.3) is 0 Å². The Morgan fingerprint density at radius 1 is 1.56 bits per heavy atom. The summed E-state index contributed by atoms with van der Waals surface area (Å²) in [7, 11) is 0. The van der Waals surface area contributed by atoms with Crippen LogP contribution in [0.3, 0.4) is 0 Å². The number of hydrogen-bond donors (Lipinski definition) is 1. The molecule has 1 nitrogen and oxygen atoms in total. The first kappa shape index (κ1) is 12.5. The molecule has 1 aliphatic rings. The first-order valence-electron chi connectivity index (χ1n) is 6.20. The summed E-state index contributed by atoms with van der Waals surface area (Å²) in [4.78, 5) is 1.46. The molecule has 1 saturated carbocycles. The van der Waals surface area contributed by atoms with Gasteiger partial charge in [0.15, 0.2) is 0 Å². The van der Waals surface area contributed by atoms with Crippen LogP contribution in [0.5, 0.6) is 0 Å². The van der Waals surface area contributed by atoms with Gasteiger partial charge in [0, 0.05) is 22.2 Å². The van der Waals surface area contributed by atoms with Gasteiger partial charge in [-0.05, 0) is 43.4 Å². The van der Waals surface area contributed by atoms with Crippen LogP contribution in [-0.2, 0) is 0 Å². The van der Waals surface area contributed by atoms with E-state index in [1.54, 1.807) is 0 Å². The van der Waals surface area contributed by atoms with Gasteiger partial charge < -0.3 is 5.32 Å². The first-order valence-corrected chi connectivity index (χ1v) is 8.13. The van der Waals surface area contributed by atoms with Gasteiger partial charge in [0.1, 0.15) is 0 Å². The second kappa shape index (κ2) is 6.08. The van der Waals surface area contributed by atoms with Crippen LogP contribution in [0.2, 0.25) is 0 Å². The fourth-order valence-corrected chi connectivity index (χ4v) is 4.34. The molecule has 0 bridgehead atoms. The third-order valence-electron chi connectivity index (χ3n) is 3.24. The van der Waals surface area contributed by atoms with Gasteiger partial charge in [-0.1, -0.05) is 13.0 Å². The molecule has 1 aromatic rings. The van der Waals surface area contributed by atoms with E-state index in [0.717, 1.165) is 11.3 Å². The minimum Gasteiger partial charge on any atom is -0.307 e. The van der Waals surface area contributed by atoms with E-state index in [1.165, 1.54) is 29.9 Å². The van der Waals surface area contributed by atoms with Gasteiger partial charge in [-0.3, -0.25) is 0 Å².